The van der Waals surface area contributed by atoms with Crippen LogP contribution in [0.4, 0.5) is 0 Å². The van der Waals surface area contributed by atoms with Gasteiger partial charge in [-0.25, -0.2) is 0 Å². The maximum Gasteiger partial charge on any atom is 0.130 e. The standard InChI is InChI=1S/C12H11NO2/c1-2-4-11-10(3-1)12(5-6-13-11)15-8-9-7-14-9/h1-6,9H,7-8H2/t9-/m1/s1. The number of hydrogen-bond acceptors (Lipinski definition) is 3. The predicted molar refractivity (Wildman–Crippen MR) is 57.0 cm³/mol. The number of nitrogens with zero attached hydrogens (tertiary/aromatic N) is 1. The van der Waals surface area contributed by atoms with Crippen molar-refractivity contribution >= 4 is 10.9 Å². The third-order valence-corrected chi connectivity index (χ3v) is 2.44. The number of pyridine rings is 1. The van der Waals surface area contributed by atoms with Crippen molar-refractivity contribution in [3.8, 4) is 5.75 Å². The van der Waals surface area contributed by atoms with Gasteiger partial charge < -0.3 is 9.47 Å². The number of benzene rings is 1. The van der Waals surface area contributed by atoms with E-state index in [2.05, 4.69) is 4.98 Å². The van der Waals surface area contributed by atoms with Crippen LogP contribution in [0.25, 0.3) is 10.9 Å². The lowest BCUT2D eigenvalue weighted by molar-refractivity contribution is 0.265. The summed E-state index contributed by atoms with van der Waals surface area (Å²) in [6.07, 6.45) is 2.06. The Labute approximate surface area is 87.6 Å². The summed E-state index contributed by atoms with van der Waals surface area (Å²) in [5.74, 6) is 0.885. The first-order chi connectivity index (χ1) is 7.43. The molecule has 0 bridgehead atoms. The van der Waals surface area contributed by atoms with Crippen LogP contribution in [0.15, 0.2) is 36.5 Å². The zero-order valence-corrected chi connectivity index (χ0v) is 8.22. The second-order valence-corrected chi connectivity index (χ2v) is 3.59. The van der Waals surface area contributed by atoms with Gasteiger partial charge in [-0.05, 0) is 18.2 Å². The van der Waals surface area contributed by atoms with E-state index in [9.17, 15) is 0 Å². The molecule has 15 heavy (non-hydrogen) atoms. The van der Waals surface area contributed by atoms with E-state index in [1.165, 1.54) is 0 Å². The molecule has 0 radical (unpaired) electrons. The summed E-state index contributed by atoms with van der Waals surface area (Å²) in [5, 5.41) is 1.06. The number of aromatic nitrogens is 1. The topological polar surface area (TPSA) is 34.6 Å². The number of para-hydroxylation sites is 1. The molecule has 1 aliphatic rings. The molecule has 3 rings (SSSR count). The van der Waals surface area contributed by atoms with Crippen LogP contribution in [0, 0.1) is 0 Å². The van der Waals surface area contributed by atoms with E-state index in [0.717, 1.165) is 23.3 Å². The van der Waals surface area contributed by atoms with Crippen molar-refractivity contribution in [1.82, 2.24) is 4.98 Å². The summed E-state index contributed by atoms with van der Waals surface area (Å²) < 4.78 is 10.8. The van der Waals surface area contributed by atoms with Crippen LogP contribution >= 0.6 is 0 Å². The molecule has 0 saturated carbocycles. The van der Waals surface area contributed by atoms with Crippen molar-refractivity contribution < 1.29 is 9.47 Å². The molecule has 76 valence electrons. The second-order valence-electron chi connectivity index (χ2n) is 3.59. The third kappa shape index (κ3) is 1.78. The second kappa shape index (κ2) is 3.51. The minimum absolute atomic E-state index is 0.289. The molecule has 0 spiro atoms. The molecule has 1 aliphatic heterocycles. The molecular weight excluding hydrogens is 190 g/mol. The lowest BCUT2D eigenvalue weighted by Crippen LogP contribution is -2.04. The molecule has 2 aromatic rings. The Hall–Kier alpha value is -1.61. The van der Waals surface area contributed by atoms with Crippen LogP contribution in [-0.4, -0.2) is 24.3 Å². The first kappa shape index (κ1) is 8.68. The molecule has 0 N–H and O–H groups in total. The summed E-state index contributed by atoms with van der Waals surface area (Å²) in [4.78, 5) is 4.27. The molecule has 1 atom stereocenters. The third-order valence-electron chi connectivity index (χ3n) is 2.44. The number of epoxide rings is 1. The van der Waals surface area contributed by atoms with Crippen LogP contribution in [0.2, 0.25) is 0 Å². The fraction of sp³-hybridized carbons (Fsp3) is 0.250. The minimum atomic E-state index is 0.289. The van der Waals surface area contributed by atoms with Crippen LogP contribution in [-0.2, 0) is 4.74 Å². The Kier molecular flexibility index (Phi) is 2.03. The fourth-order valence-electron chi connectivity index (χ4n) is 1.54. The van der Waals surface area contributed by atoms with Gasteiger partial charge in [-0.3, -0.25) is 4.98 Å². The van der Waals surface area contributed by atoms with Gasteiger partial charge in [0.05, 0.1) is 12.1 Å². The average molecular weight is 201 g/mol. The summed E-state index contributed by atoms with van der Waals surface area (Å²) in [6, 6.07) is 9.86. The van der Waals surface area contributed by atoms with Gasteiger partial charge >= 0.3 is 0 Å². The van der Waals surface area contributed by atoms with Crippen LogP contribution in [0.1, 0.15) is 0 Å². The molecule has 0 aliphatic carbocycles. The normalized spacial score (nSPS) is 19.1. The predicted octanol–water partition coefficient (Wildman–Crippen LogP) is 2.01. The first-order valence-electron chi connectivity index (χ1n) is 5.01. The van der Waals surface area contributed by atoms with Crippen molar-refractivity contribution in [3.05, 3.63) is 36.5 Å². The minimum Gasteiger partial charge on any atom is -0.490 e. The van der Waals surface area contributed by atoms with E-state index >= 15 is 0 Å². The summed E-state index contributed by atoms with van der Waals surface area (Å²) in [5.41, 5.74) is 0.965. The van der Waals surface area contributed by atoms with E-state index in [4.69, 9.17) is 9.47 Å². The molecule has 1 saturated heterocycles. The van der Waals surface area contributed by atoms with E-state index in [0.29, 0.717) is 6.61 Å². The zero-order chi connectivity index (χ0) is 10.1. The van der Waals surface area contributed by atoms with Gasteiger partial charge in [0.2, 0.25) is 0 Å². The highest BCUT2D eigenvalue weighted by molar-refractivity contribution is 5.84. The van der Waals surface area contributed by atoms with Gasteiger partial charge in [-0.1, -0.05) is 12.1 Å². The Morgan fingerprint density at radius 2 is 2.20 bits per heavy atom. The maximum atomic E-state index is 5.68. The van der Waals surface area contributed by atoms with Gasteiger partial charge in [0.15, 0.2) is 0 Å². The molecule has 0 unspecified atom stereocenters. The van der Waals surface area contributed by atoms with Gasteiger partial charge in [0, 0.05) is 11.6 Å². The molecule has 1 fully saturated rings. The lowest BCUT2D eigenvalue weighted by atomic mass is 10.2. The quantitative estimate of drug-likeness (QED) is 0.712. The van der Waals surface area contributed by atoms with Gasteiger partial charge in [0.25, 0.3) is 0 Å². The Morgan fingerprint density at radius 1 is 1.33 bits per heavy atom. The Balaban J connectivity index is 1.93. The lowest BCUT2D eigenvalue weighted by Gasteiger charge is -2.06. The molecule has 1 aromatic carbocycles. The highest BCUT2D eigenvalue weighted by Gasteiger charge is 2.23. The Morgan fingerprint density at radius 3 is 3.07 bits per heavy atom. The van der Waals surface area contributed by atoms with Gasteiger partial charge in [0.1, 0.15) is 18.5 Å². The summed E-state index contributed by atoms with van der Waals surface area (Å²) in [6.45, 7) is 1.46. The van der Waals surface area contributed by atoms with Crippen LogP contribution in [0.3, 0.4) is 0 Å². The zero-order valence-electron chi connectivity index (χ0n) is 8.22. The molecule has 1 aromatic heterocycles. The van der Waals surface area contributed by atoms with Crippen molar-refractivity contribution in [2.24, 2.45) is 0 Å². The van der Waals surface area contributed by atoms with Crippen molar-refractivity contribution in [2.75, 3.05) is 13.2 Å². The largest absolute Gasteiger partial charge is 0.490 e. The highest BCUT2D eigenvalue weighted by Crippen LogP contribution is 2.24. The monoisotopic (exact) mass is 201 g/mol. The average Bonchev–Trinajstić information content (AvgIpc) is 3.10. The van der Waals surface area contributed by atoms with Crippen LogP contribution < -0.4 is 4.74 Å². The summed E-state index contributed by atoms with van der Waals surface area (Å²) >= 11 is 0. The SMILES string of the molecule is c1ccc2c(OC[C@H]3CO3)ccnc2c1. The maximum absolute atomic E-state index is 5.68. The number of ether oxygens (including phenoxy) is 2. The van der Waals surface area contributed by atoms with Crippen molar-refractivity contribution in [3.63, 3.8) is 0 Å². The fourth-order valence-corrected chi connectivity index (χ4v) is 1.54. The smallest absolute Gasteiger partial charge is 0.130 e. The van der Waals surface area contributed by atoms with Gasteiger partial charge in [-0.2, -0.15) is 0 Å². The number of fused-ring (bicyclic) bond motifs is 1. The molecular formula is C12H11NO2. The van der Waals surface area contributed by atoms with Crippen molar-refractivity contribution in [1.29, 1.82) is 0 Å². The van der Waals surface area contributed by atoms with Gasteiger partial charge in [-0.15, -0.1) is 0 Å². The van der Waals surface area contributed by atoms with E-state index in [-0.39, 0.29) is 6.10 Å². The molecule has 3 nitrogen and oxygen atoms in total. The number of rotatable bonds is 3. The highest BCUT2D eigenvalue weighted by atomic mass is 16.6. The van der Waals surface area contributed by atoms with E-state index < -0.39 is 0 Å². The molecule has 3 heteroatoms. The van der Waals surface area contributed by atoms with E-state index in [1.54, 1.807) is 6.20 Å². The number of hydrogen-bond donors (Lipinski definition) is 0. The summed E-state index contributed by atoms with van der Waals surface area (Å²) in [7, 11) is 0. The van der Waals surface area contributed by atoms with E-state index in [1.807, 2.05) is 30.3 Å². The Bertz CT molecular complexity index is 475. The van der Waals surface area contributed by atoms with Crippen LogP contribution in [0.5, 0.6) is 5.75 Å². The van der Waals surface area contributed by atoms with Crippen molar-refractivity contribution in [2.45, 2.75) is 6.10 Å². The molecule has 0 amide bonds. The molecule has 2 heterocycles. The first-order valence-corrected chi connectivity index (χ1v) is 5.01.